The number of nitrogens with zero attached hydrogens (tertiary/aromatic N) is 1. The van der Waals surface area contributed by atoms with E-state index in [0.717, 1.165) is 11.3 Å². The first-order chi connectivity index (χ1) is 12.0. The van der Waals surface area contributed by atoms with Gasteiger partial charge < -0.3 is 15.7 Å². The van der Waals surface area contributed by atoms with Crippen LogP contribution in [0.1, 0.15) is 34.5 Å². The SMILES string of the molecule is Cc1cc(C(=O)NC(C)c2ccc(N3CCNC3=O)cc2)ccc1O. The van der Waals surface area contributed by atoms with Crippen molar-refractivity contribution in [2.45, 2.75) is 19.9 Å². The van der Waals surface area contributed by atoms with E-state index in [-0.39, 0.29) is 23.7 Å². The van der Waals surface area contributed by atoms with Crippen molar-refractivity contribution >= 4 is 17.6 Å². The topological polar surface area (TPSA) is 81.7 Å². The highest BCUT2D eigenvalue weighted by molar-refractivity contribution is 5.95. The summed E-state index contributed by atoms with van der Waals surface area (Å²) in [6, 6.07) is 12.1. The average Bonchev–Trinajstić information content (AvgIpc) is 3.03. The van der Waals surface area contributed by atoms with Crippen LogP contribution in [0.5, 0.6) is 5.75 Å². The molecule has 0 aromatic heterocycles. The minimum Gasteiger partial charge on any atom is -0.508 e. The smallest absolute Gasteiger partial charge is 0.321 e. The Morgan fingerprint density at radius 3 is 2.56 bits per heavy atom. The lowest BCUT2D eigenvalue weighted by atomic mass is 10.1. The summed E-state index contributed by atoms with van der Waals surface area (Å²) in [6.07, 6.45) is 0. The number of rotatable bonds is 4. The van der Waals surface area contributed by atoms with Gasteiger partial charge in [0.25, 0.3) is 5.91 Å². The van der Waals surface area contributed by atoms with Gasteiger partial charge in [0.1, 0.15) is 5.75 Å². The van der Waals surface area contributed by atoms with Crippen LogP contribution < -0.4 is 15.5 Å². The van der Waals surface area contributed by atoms with E-state index in [4.69, 9.17) is 0 Å². The minimum absolute atomic E-state index is 0.0863. The number of nitrogens with one attached hydrogen (secondary N) is 2. The minimum atomic E-state index is -0.196. The zero-order chi connectivity index (χ0) is 18.0. The van der Waals surface area contributed by atoms with E-state index in [2.05, 4.69) is 10.6 Å². The maximum absolute atomic E-state index is 12.4. The Morgan fingerprint density at radius 2 is 1.96 bits per heavy atom. The third-order valence-electron chi connectivity index (χ3n) is 4.37. The van der Waals surface area contributed by atoms with Gasteiger partial charge in [-0.15, -0.1) is 0 Å². The van der Waals surface area contributed by atoms with Gasteiger partial charge in [-0.3, -0.25) is 9.69 Å². The molecule has 1 aliphatic rings. The number of benzene rings is 2. The van der Waals surface area contributed by atoms with Gasteiger partial charge in [-0.1, -0.05) is 12.1 Å². The number of carbonyl (C=O) groups excluding carboxylic acids is 2. The zero-order valence-corrected chi connectivity index (χ0v) is 14.2. The van der Waals surface area contributed by atoms with E-state index in [9.17, 15) is 14.7 Å². The molecule has 0 aliphatic carbocycles. The van der Waals surface area contributed by atoms with Gasteiger partial charge in [-0.05, 0) is 55.3 Å². The Balaban J connectivity index is 1.68. The van der Waals surface area contributed by atoms with Gasteiger partial charge in [0.15, 0.2) is 0 Å². The molecule has 3 amide bonds. The Hall–Kier alpha value is -3.02. The van der Waals surface area contributed by atoms with Gasteiger partial charge in [-0.2, -0.15) is 0 Å². The fourth-order valence-electron chi connectivity index (χ4n) is 2.82. The quantitative estimate of drug-likeness (QED) is 0.801. The molecule has 1 heterocycles. The second-order valence-corrected chi connectivity index (χ2v) is 6.17. The number of amides is 3. The number of phenols is 1. The number of urea groups is 1. The normalized spacial score (nSPS) is 15.0. The molecule has 25 heavy (non-hydrogen) atoms. The average molecular weight is 339 g/mol. The van der Waals surface area contributed by atoms with E-state index in [1.54, 1.807) is 24.0 Å². The lowest BCUT2D eigenvalue weighted by Gasteiger charge is -2.18. The fraction of sp³-hybridized carbons (Fsp3) is 0.263. The monoisotopic (exact) mass is 339 g/mol. The van der Waals surface area contributed by atoms with Gasteiger partial charge in [0.2, 0.25) is 0 Å². The van der Waals surface area contributed by atoms with Crippen LogP contribution in [-0.4, -0.2) is 30.1 Å². The molecule has 6 heteroatoms. The first kappa shape index (κ1) is 16.8. The van der Waals surface area contributed by atoms with Crippen LogP contribution in [0.4, 0.5) is 10.5 Å². The molecule has 0 radical (unpaired) electrons. The summed E-state index contributed by atoms with van der Waals surface area (Å²) in [7, 11) is 0. The van der Waals surface area contributed by atoms with E-state index < -0.39 is 0 Å². The largest absolute Gasteiger partial charge is 0.508 e. The van der Waals surface area contributed by atoms with Crippen molar-refractivity contribution in [3.8, 4) is 5.75 Å². The van der Waals surface area contributed by atoms with Crippen LogP contribution in [0.15, 0.2) is 42.5 Å². The first-order valence-electron chi connectivity index (χ1n) is 8.21. The van der Waals surface area contributed by atoms with Crippen molar-refractivity contribution in [1.29, 1.82) is 0 Å². The first-order valence-corrected chi connectivity index (χ1v) is 8.21. The third-order valence-corrected chi connectivity index (χ3v) is 4.37. The molecular formula is C19H21N3O3. The molecule has 3 rings (SSSR count). The predicted molar refractivity (Wildman–Crippen MR) is 95.9 cm³/mol. The van der Waals surface area contributed by atoms with Crippen LogP contribution in [0, 0.1) is 6.92 Å². The number of aromatic hydroxyl groups is 1. The lowest BCUT2D eigenvalue weighted by molar-refractivity contribution is 0.0940. The molecule has 0 spiro atoms. The molecule has 1 atom stereocenters. The van der Waals surface area contributed by atoms with Crippen molar-refractivity contribution in [3.05, 3.63) is 59.2 Å². The highest BCUT2D eigenvalue weighted by atomic mass is 16.3. The summed E-state index contributed by atoms with van der Waals surface area (Å²) in [4.78, 5) is 25.7. The fourth-order valence-corrected chi connectivity index (χ4v) is 2.82. The predicted octanol–water partition coefficient (Wildman–Crippen LogP) is 2.72. The molecule has 1 fully saturated rings. The molecule has 1 saturated heterocycles. The second-order valence-electron chi connectivity index (χ2n) is 6.17. The van der Waals surface area contributed by atoms with Gasteiger partial charge in [0, 0.05) is 24.3 Å². The number of anilines is 1. The maximum atomic E-state index is 12.4. The Morgan fingerprint density at radius 1 is 1.24 bits per heavy atom. The van der Waals surface area contributed by atoms with Crippen LogP contribution in [0.2, 0.25) is 0 Å². The molecule has 2 aromatic carbocycles. The Labute approximate surface area is 146 Å². The van der Waals surface area contributed by atoms with Crippen LogP contribution in [-0.2, 0) is 0 Å². The molecular weight excluding hydrogens is 318 g/mol. The summed E-state index contributed by atoms with van der Waals surface area (Å²) < 4.78 is 0. The van der Waals surface area contributed by atoms with Crippen LogP contribution in [0.25, 0.3) is 0 Å². The van der Waals surface area contributed by atoms with Gasteiger partial charge >= 0.3 is 6.03 Å². The number of phenolic OH excluding ortho intramolecular Hbond substituents is 1. The zero-order valence-electron chi connectivity index (χ0n) is 14.2. The van der Waals surface area contributed by atoms with Crippen molar-refractivity contribution < 1.29 is 14.7 Å². The van der Waals surface area contributed by atoms with E-state index in [1.165, 1.54) is 6.07 Å². The molecule has 1 aliphatic heterocycles. The van der Waals surface area contributed by atoms with Crippen molar-refractivity contribution in [2.24, 2.45) is 0 Å². The van der Waals surface area contributed by atoms with Crippen molar-refractivity contribution in [1.82, 2.24) is 10.6 Å². The van der Waals surface area contributed by atoms with E-state index in [1.807, 2.05) is 31.2 Å². The second kappa shape index (κ2) is 6.84. The van der Waals surface area contributed by atoms with Crippen LogP contribution >= 0.6 is 0 Å². The van der Waals surface area contributed by atoms with Crippen molar-refractivity contribution in [3.63, 3.8) is 0 Å². The van der Waals surface area contributed by atoms with Gasteiger partial charge in [0.05, 0.1) is 6.04 Å². The molecule has 130 valence electrons. The maximum Gasteiger partial charge on any atom is 0.321 e. The third kappa shape index (κ3) is 3.57. The van der Waals surface area contributed by atoms with Crippen LogP contribution in [0.3, 0.4) is 0 Å². The molecule has 1 unspecified atom stereocenters. The van der Waals surface area contributed by atoms with E-state index >= 15 is 0 Å². The molecule has 2 aromatic rings. The lowest BCUT2D eigenvalue weighted by Crippen LogP contribution is -2.28. The summed E-state index contributed by atoms with van der Waals surface area (Å²) in [5.74, 6) is -0.0234. The Bertz CT molecular complexity index is 802. The number of aryl methyl sites for hydroxylation is 1. The highest BCUT2D eigenvalue weighted by Crippen LogP contribution is 2.21. The highest BCUT2D eigenvalue weighted by Gasteiger charge is 2.21. The Kier molecular flexibility index (Phi) is 4.61. The number of carbonyl (C=O) groups is 2. The summed E-state index contributed by atoms with van der Waals surface area (Å²) in [5.41, 5.74) is 2.96. The summed E-state index contributed by atoms with van der Waals surface area (Å²) in [6.45, 7) is 4.97. The standard InChI is InChI=1S/C19H21N3O3/c1-12-11-15(5-8-17(12)23)18(24)21-13(2)14-3-6-16(7-4-14)22-10-9-20-19(22)25/h3-8,11,13,23H,9-10H2,1-2H3,(H,20,25)(H,21,24). The van der Waals surface area contributed by atoms with Crippen molar-refractivity contribution in [2.75, 3.05) is 18.0 Å². The summed E-state index contributed by atoms with van der Waals surface area (Å²) >= 11 is 0. The molecule has 0 saturated carbocycles. The molecule has 0 bridgehead atoms. The molecule has 6 nitrogen and oxygen atoms in total. The number of hydrogen-bond donors (Lipinski definition) is 3. The summed E-state index contributed by atoms with van der Waals surface area (Å²) in [5, 5.41) is 15.3. The number of hydrogen-bond acceptors (Lipinski definition) is 3. The molecule has 3 N–H and O–H groups in total. The van der Waals surface area contributed by atoms with Gasteiger partial charge in [-0.25, -0.2) is 4.79 Å². The van der Waals surface area contributed by atoms with E-state index in [0.29, 0.717) is 24.2 Å².